The van der Waals surface area contributed by atoms with Crippen LogP contribution in [0.2, 0.25) is 0 Å². The Morgan fingerprint density at radius 2 is 1.25 bits per heavy atom. The summed E-state index contributed by atoms with van der Waals surface area (Å²) in [5, 5.41) is 2.84. The first-order valence-electron chi connectivity index (χ1n) is 11.1. The third-order valence-corrected chi connectivity index (χ3v) is 4.43. The summed E-state index contributed by atoms with van der Waals surface area (Å²) in [5.74, 6) is 0.159. The summed E-state index contributed by atoms with van der Waals surface area (Å²) >= 11 is 0. The highest BCUT2D eigenvalue weighted by molar-refractivity contribution is 5.87. The topological polar surface area (TPSA) is 52.7 Å². The molecule has 0 unspecified atom stereocenters. The summed E-state index contributed by atoms with van der Waals surface area (Å²) in [5.41, 5.74) is 0. The van der Waals surface area contributed by atoms with Gasteiger partial charge in [-0.15, -0.1) is 0 Å². The van der Waals surface area contributed by atoms with Gasteiger partial charge in [-0.05, 0) is 78.7 Å². The zero-order chi connectivity index (χ0) is 21.2. The maximum Gasteiger partial charge on any atom is 0.243 e. The minimum atomic E-state index is 0.0157. The van der Waals surface area contributed by atoms with Crippen molar-refractivity contribution < 1.29 is 9.59 Å². The number of hydrogen-bond donors (Lipinski definition) is 1. The van der Waals surface area contributed by atoms with Gasteiger partial charge in [-0.25, -0.2) is 0 Å². The Bertz CT molecular complexity index is 460. The standard InChI is InChI=1S/C12H22N2O.C9H15NO.C2H6/c1-11(2)13-12(15)7-6-10-14-8-4-3-5-9-14;1-9(11)5-4-8-10-6-2-3-7-10;1-2/h6-7,11H,3-5,8-10H2,1-2H3,(H,13,15);4-5H,2-3,6-8H2,1H3;1-2H3/b7-6+;5-4+;. The molecule has 2 fully saturated rings. The molecule has 5 heteroatoms. The van der Waals surface area contributed by atoms with Crippen LogP contribution in [0.1, 0.15) is 66.7 Å². The molecule has 5 nitrogen and oxygen atoms in total. The van der Waals surface area contributed by atoms with E-state index in [0.717, 1.165) is 13.1 Å². The largest absolute Gasteiger partial charge is 0.350 e. The molecule has 0 atom stereocenters. The number of allylic oxidation sites excluding steroid dienone is 1. The van der Waals surface area contributed by atoms with Crippen LogP contribution in [-0.4, -0.2) is 66.8 Å². The van der Waals surface area contributed by atoms with Crippen LogP contribution >= 0.6 is 0 Å². The molecule has 1 N–H and O–H groups in total. The zero-order valence-electron chi connectivity index (χ0n) is 18.9. The SMILES string of the molecule is CC.CC(=O)/C=C/CN1CCCC1.CC(C)NC(=O)/C=C/CN1CCCCC1. The van der Waals surface area contributed by atoms with Gasteiger partial charge in [0.25, 0.3) is 0 Å². The number of rotatable bonds is 7. The highest BCUT2D eigenvalue weighted by atomic mass is 16.1. The maximum atomic E-state index is 11.3. The van der Waals surface area contributed by atoms with Gasteiger partial charge in [-0.2, -0.15) is 0 Å². The Morgan fingerprint density at radius 1 is 0.821 bits per heavy atom. The van der Waals surface area contributed by atoms with E-state index < -0.39 is 0 Å². The molecule has 2 saturated heterocycles. The predicted octanol–water partition coefficient (Wildman–Crippen LogP) is 3.81. The van der Waals surface area contributed by atoms with Gasteiger partial charge in [-0.1, -0.05) is 32.4 Å². The van der Waals surface area contributed by atoms with Crippen molar-refractivity contribution in [1.29, 1.82) is 0 Å². The first-order valence-corrected chi connectivity index (χ1v) is 11.1. The summed E-state index contributed by atoms with van der Waals surface area (Å²) in [6.07, 6.45) is 13.8. The molecule has 0 aromatic rings. The lowest BCUT2D eigenvalue weighted by molar-refractivity contribution is -0.117. The number of nitrogens with one attached hydrogen (secondary N) is 1. The van der Waals surface area contributed by atoms with Crippen molar-refractivity contribution in [3.8, 4) is 0 Å². The number of likely N-dealkylation sites (tertiary alicyclic amines) is 2. The second kappa shape index (κ2) is 17.6. The smallest absolute Gasteiger partial charge is 0.243 e. The average molecular weight is 394 g/mol. The molecule has 0 aromatic heterocycles. The number of amides is 1. The third kappa shape index (κ3) is 15.6. The first-order chi connectivity index (χ1) is 13.5. The summed E-state index contributed by atoms with van der Waals surface area (Å²) in [6, 6.07) is 0.220. The number of piperidine rings is 1. The molecule has 162 valence electrons. The van der Waals surface area contributed by atoms with E-state index >= 15 is 0 Å². The molecule has 2 aliphatic heterocycles. The summed E-state index contributed by atoms with van der Waals surface area (Å²) in [6.45, 7) is 16.1. The Morgan fingerprint density at radius 3 is 1.68 bits per heavy atom. The molecule has 2 rings (SSSR count). The molecule has 2 heterocycles. The number of carbonyl (C=O) groups is 2. The van der Waals surface area contributed by atoms with Gasteiger partial charge in [-0.3, -0.25) is 19.4 Å². The second-order valence-electron chi connectivity index (χ2n) is 7.45. The van der Waals surface area contributed by atoms with E-state index in [0.29, 0.717) is 0 Å². The van der Waals surface area contributed by atoms with E-state index in [2.05, 4.69) is 15.1 Å². The molecule has 0 aliphatic carbocycles. The molecule has 0 spiro atoms. The molecular formula is C23H43N3O2. The zero-order valence-corrected chi connectivity index (χ0v) is 18.9. The van der Waals surface area contributed by atoms with Crippen molar-refractivity contribution in [3.05, 3.63) is 24.3 Å². The summed E-state index contributed by atoms with van der Waals surface area (Å²) < 4.78 is 0. The molecule has 28 heavy (non-hydrogen) atoms. The van der Waals surface area contributed by atoms with Gasteiger partial charge in [0.15, 0.2) is 5.78 Å². The lowest BCUT2D eigenvalue weighted by atomic mass is 10.1. The monoisotopic (exact) mass is 393 g/mol. The van der Waals surface area contributed by atoms with Gasteiger partial charge < -0.3 is 5.32 Å². The van der Waals surface area contributed by atoms with E-state index in [1.54, 1.807) is 19.1 Å². The highest BCUT2D eigenvalue weighted by Gasteiger charge is 2.09. The van der Waals surface area contributed by atoms with Crippen LogP contribution in [0.4, 0.5) is 0 Å². The summed E-state index contributed by atoms with van der Waals surface area (Å²) in [7, 11) is 0. The third-order valence-electron chi connectivity index (χ3n) is 4.43. The fourth-order valence-electron chi connectivity index (χ4n) is 3.12. The maximum absolute atomic E-state index is 11.3. The molecular weight excluding hydrogens is 350 g/mol. The number of ketones is 1. The van der Waals surface area contributed by atoms with E-state index in [9.17, 15) is 9.59 Å². The predicted molar refractivity (Wildman–Crippen MR) is 120 cm³/mol. The Labute approximate surface area is 173 Å². The normalized spacial score (nSPS) is 17.9. The lowest BCUT2D eigenvalue weighted by Gasteiger charge is -2.24. The highest BCUT2D eigenvalue weighted by Crippen LogP contribution is 2.08. The Kier molecular flexibility index (Phi) is 16.7. The van der Waals surface area contributed by atoms with Crippen molar-refractivity contribution in [2.24, 2.45) is 0 Å². The van der Waals surface area contributed by atoms with Crippen LogP contribution in [0.15, 0.2) is 24.3 Å². The molecule has 2 aliphatic rings. The van der Waals surface area contributed by atoms with Gasteiger partial charge in [0, 0.05) is 25.2 Å². The van der Waals surface area contributed by atoms with Crippen molar-refractivity contribution in [3.63, 3.8) is 0 Å². The average Bonchev–Trinajstić information content (AvgIpc) is 3.17. The van der Waals surface area contributed by atoms with Gasteiger partial charge in [0.2, 0.25) is 5.91 Å². The Balaban J connectivity index is 0.000000497. The van der Waals surface area contributed by atoms with Crippen LogP contribution in [-0.2, 0) is 9.59 Å². The molecule has 1 amide bonds. The quantitative estimate of drug-likeness (QED) is 0.668. The van der Waals surface area contributed by atoms with Crippen LogP contribution < -0.4 is 5.32 Å². The van der Waals surface area contributed by atoms with E-state index in [4.69, 9.17) is 0 Å². The van der Waals surface area contributed by atoms with Gasteiger partial charge in [0.1, 0.15) is 0 Å². The molecule has 0 bridgehead atoms. The summed E-state index contributed by atoms with van der Waals surface area (Å²) in [4.78, 5) is 26.5. The van der Waals surface area contributed by atoms with E-state index in [1.165, 1.54) is 58.3 Å². The van der Waals surface area contributed by atoms with Crippen LogP contribution in [0.25, 0.3) is 0 Å². The number of nitrogens with zero attached hydrogens (tertiary/aromatic N) is 2. The fourth-order valence-corrected chi connectivity index (χ4v) is 3.12. The minimum absolute atomic E-state index is 0.0157. The van der Waals surface area contributed by atoms with E-state index in [-0.39, 0.29) is 17.7 Å². The molecule has 0 aromatic carbocycles. The molecule has 0 radical (unpaired) electrons. The number of carbonyl (C=O) groups excluding carboxylic acids is 2. The molecule has 0 saturated carbocycles. The first kappa shape index (κ1) is 26.5. The Hall–Kier alpha value is -1.46. The van der Waals surface area contributed by atoms with Crippen molar-refractivity contribution in [2.75, 3.05) is 39.3 Å². The van der Waals surface area contributed by atoms with Crippen LogP contribution in [0.5, 0.6) is 0 Å². The van der Waals surface area contributed by atoms with Gasteiger partial charge >= 0.3 is 0 Å². The van der Waals surface area contributed by atoms with E-state index in [1.807, 2.05) is 39.8 Å². The van der Waals surface area contributed by atoms with Crippen LogP contribution in [0, 0.1) is 0 Å². The van der Waals surface area contributed by atoms with Crippen molar-refractivity contribution in [1.82, 2.24) is 15.1 Å². The van der Waals surface area contributed by atoms with Gasteiger partial charge in [0.05, 0.1) is 0 Å². The lowest BCUT2D eigenvalue weighted by Crippen LogP contribution is -2.31. The fraction of sp³-hybridized carbons (Fsp3) is 0.739. The number of hydrogen-bond acceptors (Lipinski definition) is 4. The van der Waals surface area contributed by atoms with Crippen molar-refractivity contribution in [2.45, 2.75) is 72.8 Å². The van der Waals surface area contributed by atoms with Crippen LogP contribution in [0.3, 0.4) is 0 Å². The minimum Gasteiger partial charge on any atom is -0.350 e. The van der Waals surface area contributed by atoms with Crippen molar-refractivity contribution >= 4 is 11.7 Å². The second-order valence-corrected chi connectivity index (χ2v) is 7.45.